The zero-order valence-electron chi connectivity index (χ0n) is 16.0. The lowest BCUT2D eigenvalue weighted by molar-refractivity contribution is 0.0955. The molecule has 0 aliphatic heterocycles. The van der Waals surface area contributed by atoms with Gasteiger partial charge in [-0.2, -0.15) is 5.10 Å². The Bertz CT molecular complexity index is 973. The van der Waals surface area contributed by atoms with Gasteiger partial charge in [0.2, 0.25) is 0 Å². The van der Waals surface area contributed by atoms with Gasteiger partial charge in [0.05, 0.1) is 17.3 Å². The van der Waals surface area contributed by atoms with Crippen LogP contribution in [0.15, 0.2) is 82.4 Å². The number of halogens is 1. The fourth-order valence-electron chi connectivity index (χ4n) is 2.55. The molecule has 0 atom stereocenters. The number of rotatable bonds is 8. The van der Waals surface area contributed by atoms with Crippen LogP contribution in [0, 0.1) is 0 Å². The van der Waals surface area contributed by atoms with E-state index >= 15 is 0 Å². The first-order valence-electron chi connectivity index (χ1n) is 9.18. The summed E-state index contributed by atoms with van der Waals surface area (Å²) in [5.41, 5.74) is 4.96. The summed E-state index contributed by atoms with van der Waals surface area (Å²) in [5, 5.41) is 4.02. The molecule has 0 aliphatic rings. The monoisotopic (exact) mass is 452 g/mol. The van der Waals surface area contributed by atoms with E-state index in [0.717, 1.165) is 27.1 Å². The molecular formula is C23H21BrN2O3. The second-order valence-corrected chi connectivity index (χ2v) is 6.97. The van der Waals surface area contributed by atoms with Crippen LogP contribution in [0.25, 0.3) is 0 Å². The van der Waals surface area contributed by atoms with E-state index in [1.807, 2.05) is 55.5 Å². The Kier molecular flexibility index (Phi) is 7.41. The first-order valence-corrected chi connectivity index (χ1v) is 9.97. The first kappa shape index (κ1) is 20.6. The maximum absolute atomic E-state index is 12.2. The lowest BCUT2D eigenvalue weighted by atomic mass is 10.2. The van der Waals surface area contributed by atoms with Crippen molar-refractivity contribution in [2.45, 2.75) is 13.5 Å². The lowest BCUT2D eigenvalue weighted by Crippen LogP contribution is -2.17. The molecule has 1 amide bonds. The molecule has 0 aliphatic carbocycles. The number of nitrogens with zero attached hydrogens (tertiary/aromatic N) is 1. The SMILES string of the molecule is CCOc1ccc(C(=O)N/N=C\c2ccc(OCc3ccccc3)c(Br)c2)cc1. The molecule has 0 bridgehead atoms. The standard InChI is InChI=1S/C23H21BrN2O3/c1-2-28-20-11-9-19(10-12-20)23(27)26-25-15-18-8-13-22(21(24)14-18)29-16-17-6-4-3-5-7-17/h3-15H,2,16H2,1H3,(H,26,27)/b25-15-. The zero-order valence-corrected chi connectivity index (χ0v) is 17.6. The Hall–Kier alpha value is -3.12. The fraction of sp³-hybridized carbons (Fsp3) is 0.130. The largest absolute Gasteiger partial charge is 0.494 e. The Morgan fingerprint density at radius 2 is 1.79 bits per heavy atom. The van der Waals surface area contributed by atoms with E-state index in [0.29, 0.717) is 18.8 Å². The molecule has 3 rings (SSSR count). The molecule has 0 saturated heterocycles. The van der Waals surface area contributed by atoms with Gasteiger partial charge in [0, 0.05) is 5.56 Å². The van der Waals surface area contributed by atoms with Crippen LogP contribution < -0.4 is 14.9 Å². The van der Waals surface area contributed by atoms with E-state index in [4.69, 9.17) is 9.47 Å². The summed E-state index contributed by atoms with van der Waals surface area (Å²) in [6.45, 7) is 2.99. The molecule has 0 saturated carbocycles. The second kappa shape index (κ2) is 10.4. The van der Waals surface area contributed by atoms with Crippen LogP contribution in [0.1, 0.15) is 28.4 Å². The van der Waals surface area contributed by atoms with Crippen LogP contribution in [0.4, 0.5) is 0 Å². The summed E-state index contributed by atoms with van der Waals surface area (Å²) in [7, 11) is 0. The molecule has 3 aromatic rings. The Morgan fingerprint density at radius 1 is 1.03 bits per heavy atom. The smallest absolute Gasteiger partial charge is 0.271 e. The summed E-state index contributed by atoms with van der Waals surface area (Å²) >= 11 is 3.51. The molecular weight excluding hydrogens is 432 g/mol. The molecule has 1 N–H and O–H groups in total. The topological polar surface area (TPSA) is 59.9 Å². The third kappa shape index (κ3) is 6.19. The lowest BCUT2D eigenvalue weighted by Gasteiger charge is -2.09. The molecule has 3 aromatic carbocycles. The highest BCUT2D eigenvalue weighted by Gasteiger charge is 2.05. The molecule has 0 fully saturated rings. The minimum atomic E-state index is -0.286. The predicted octanol–water partition coefficient (Wildman–Crippen LogP) is 5.19. The molecule has 0 radical (unpaired) electrons. The highest BCUT2D eigenvalue weighted by atomic mass is 79.9. The number of hydrogen-bond donors (Lipinski definition) is 1. The number of carbonyl (C=O) groups excluding carboxylic acids is 1. The number of amides is 1. The van der Waals surface area contributed by atoms with Crippen LogP contribution >= 0.6 is 15.9 Å². The van der Waals surface area contributed by atoms with Crippen molar-refractivity contribution in [2.75, 3.05) is 6.61 Å². The van der Waals surface area contributed by atoms with E-state index in [-0.39, 0.29) is 5.91 Å². The van der Waals surface area contributed by atoms with Crippen LogP contribution in [0.3, 0.4) is 0 Å². The van der Waals surface area contributed by atoms with Gasteiger partial charge in [-0.05, 0) is 76.4 Å². The molecule has 0 aromatic heterocycles. The van der Waals surface area contributed by atoms with Crippen molar-refractivity contribution >= 4 is 28.1 Å². The van der Waals surface area contributed by atoms with E-state index < -0.39 is 0 Å². The van der Waals surface area contributed by atoms with Crippen molar-refractivity contribution in [3.63, 3.8) is 0 Å². The van der Waals surface area contributed by atoms with Gasteiger partial charge in [-0.25, -0.2) is 5.43 Å². The van der Waals surface area contributed by atoms with Gasteiger partial charge in [0.25, 0.3) is 5.91 Å². The van der Waals surface area contributed by atoms with Crippen molar-refractivity contribution in [3.8, 4) is 11.5 Å². The molecule has 148 valence electrons. The van der Waals surface area contributed by atoms with Gasteiger partial charge in [-0.15, -0.1) is 0 Å². The first-order chi connectivity index (χ1) is 14.2. The molecule has 0 heterocycles. The number of benzene rings is 3. The van der Waals surface area contributed by atoms with E-state index in [9.17, 15) is 4.79 Å². The van der Waals surface area contributed by atoms with Crippen LogP contribution in [0.5, 0.6) is 11.5 Å². The van der Waals surface area contributed by atoms with Crippen LogP contribution in [-0.4, -0.2) is 18.7 Å². The highest BCUT2D eigenvalue weighted by Crippen LogP contribution is 2.26. The normalized spacial score (nSPS) is 10.7. The van der Waals surface area contributed by atoms with Crippen LogP contribution in [-0.2, 0) is 6.61 Å². The summed E-state index contributed by atoms with van der Waals surface area (Å²) in [6.07, 6.45) is 1.58. The van der Waals surface area contributed by atoms with Crippen molar-refractivity contribution < 1.29 is 14.3 Å². The van der Waals surface area contributed by atoms with Crippen molar-refractivity contribution in [1.82, 2.24) is 5.43 Å². The van der Waals surface area contributed by atoms with E-state index in [1.165, 1.54) is 0 Å². The Labute approximate surface area is 178 Å². The maximum Gasteiger partial charge on any atom is 0.271 e. The summed E-state index contributed by atoms with van der Waals surface area (Å²) < 4.78 is 12.0. The van der Waals surface area contributed by atoms with Gasteiger partial charge in [-0.3, -0.25) is 4.79 Å². The van der Waals surface area contributed by atoms with Crippen molar-refractivity contribution in [2.24, 2.45) is 5.10 Å². The summed E-state index contributed by atoms with van der Waals surface area (Å²) in [5.74, 6) is 1.18. The predicted molar refractivity (Wildman–Crippen MR) is 118 cm³/mol. The van der Waals surface area contributed by atoms with Crippen molar-refractivity contribution in [1.29, 1.82) is 0 Å². The number of ether oxygens (including phenoxy) is 2. The van der Waals surface area contributed by atoms with Gasteiger partial charge in [0.15, 0.2) is 0 Å². The molecule has 0 unspecified atom stereocenters. The molecule has 29 heavy (non-hydrogen) atoms. The third-order valence-electron chi connectivity index (χ3n) is 4.00. The van der Waals surface area contributed by atoms with E-state index in [2.05, 4.69) is 26.5 Å². The minimum absolute atomic E-state index is 0.286. The maximum atomic E-state index is 12.2. The van der Waals surface area contributed by atoms with E-state index in [1.54, 1.807) is 30.5 Å². The summed E-state index contributed by atoms with van der Waals surface area (Å²) in [6, 6.07) is 22.5. The number of carbonyl (C=O) groups is 1. The average Bonchev–Trinajstić information content (AvgIpc) is 2.74. The van der Waals surface area contributed by atoms with Gasteiger partial charge in [0.1, 0.15) is 18.1 Å². The van der Waals surface area contributed by atoms with Gasteiger partial charge >= 0.3 is 0 Å². The Morgan fingerprint density at radius 3 is 2.48 bits per heavy atom. The van der Waals surface area contributed by atoms with Gasteiger partial charge in [-0.1, -0.05) is 30.3 Å². The number of hydrogen-bond acceptors (Lipinski definition) is 4. The zero-order chi connectivity index (χ0) is 20.5. The molecule has 5 nitrogen and oxygen atoms in total. The minimum Gasteiger partial charge on any atom is -0.494 e. The van der Waals surface area contributed by atoms with Crippen LogP contribution in [0.2, 0.25) is 0 Å². The quantitative estimate of drug-likeness (QED) is 0.377. The van der Waals surface area contributed by atoms with Gasteiger partial charge < -0.3 is 9.47 Å². The number of hydrazone groups is 1. The Balaban J connectivity index is 1.55. The highest BCUT2D eigenvalue weighted by molar-refractivity contribution is 9.10. The molecule has 6 heteroatoms. The fourth-order valence-corrected chi connectivity index (χ4v) is 3.06. The summed E-state index contributed by atoms with van der Waals surface area (Å²) in [4.78, 5) is 12.2. The number of nitrogens with one attached hydrogen (secondary N) is 1. The average molecular weight is 453 g/mol. The van der Waals surface area contributed by atoms with Crippen molar-refractivity contribution in [3.05, 3.63) is 94.0 Å². The molecule has 0 spiro atoms. The second-order valence-electron chi connectivity index (χ2n) is 6.12. The third-order valence-corrected chi connectivity index (χ3v) is 4.62.